The predicted molar refractivity (Wildman–Crippen MR) is 82.7 cm³/mol. The molecule has 0 unspecified atom stereocenters. The Morgan fingerprint density at radius 1 is 1.05 bits per heavy atom. The van der Waals surface area contributed by atoms with E-state index in [0.717, 1.165) is 19.3 Å². The van der Waals surface area contributed by atoms with Gasteiger partial charge in [0.15, 0.2) is 0 Å². The Morgan fingerprint density at radius 2 is 1.50 bits per heavy atom. The van der Waals surface area contributed by atoms with Crippen LogP contribution < -0.4 is 40.4 Å². The van der Waals surface area contributed by atoms with E-state index in [9.17, 15) is 14.7 Å². The van der Waals surface area contributed by atoms with Crippen LogP contribution in [0.2, 0.25) is 0 Å². The molecule has 0 fully saturated rings. The third-order valence-corrected chi connectivity index (χ3v) is 3.53. The third kappa shape index (κ3) is 19.9. The molecule has 2 atom stereocenters. The van der Waals surface area contributed by atoms with Gasteiger partial charge in [-0.05, 0) is 18.8 Å². The maximum absolute atomic E-state index is 10.2. The molecule has 6 heteroatoms. The summed E-state index contributed by atoms with van der Waals surface area (Å²) in [5.74, 6) is -1.75. The molecule has 5 nitrogen and oxygen atoms in total. The van der Waals surface area contributed by atoms with E-state index in [4.69, 9.17) is 10.8 Å². The number of carbonyl (C=O) groups is 2. The Hall–Kier alpha value is -0.100. The summed E-state index contributed by atoms with van der Waals surface area (Å²) < 4.78 is 0. The zero-order chi connectivity index (χ0) is 16.7. The molecular weight excluding hydrogens is 293 g/mol. The van der Waals surface area contributed by atoms with Crippen molar-refractivity contribution in [2.45, 2.75) is 84.6 Å². The van der Waals surface area contributed by atoms with Gasteiger partial charge < -0.3 is 20.7 Å². The maximum Gasteiger partial charge on any atom is 1.00 e. The molecule has 0 bridgehead atoms. The third-order valence-electron chi connectivity index (χ3n) is 3.53. The molecule has 22 heavy (non-hydrogen) atoms. The zero-order valence-corrected chi connectivity index (χ0v) is 16.8. The van der Waals surface area contributed by atoms with Gasteiger partial charge in [0, 0.05) is 5.97 Å². The van der Waals surface area contributed by atoms with Crippen LogP contribution in [0.3, 0.4) is 0 Å². The van der Waals surface area contributed by atoms with Crippen LogP contribution in [-0.2, 0) is 9.59 Å². The number of carboxylic acid groups (broad SMARTS) is 2. The number of rotatable bonds is 11. The molecule has 0 aliphatic carbocycles. The van der Waals surface area contributed by atoms with Crippen molar-refractivity contribution in [2.24, 2.45) is 11.7 Å². The average molecular weight is 325 g/mol. The second kappa shape index (κ2) is 18.9. The van der Waals surface area contributed by atoms with Crippen molar-refractivity contribution in [3.63, 3.8) is 0 Å². The Morgan fingerprint density at radius 3 is 1.82 bits per heavy atom. The molecule has 3 N–H and O–H groups in total. The molecule has 0 heterocycles. The summed E-state index contributed by atoms with van der Waals surface area (Å²) in [7, 11) is 0. The molecule has 0 rings (SSSR count). The quantitative estimate of drug-likeness (QED) is 0.387. The van der Waals surface area contributed by atoms with Crippen LogP contribution in [0.25, 0.3) is 0 Å². The first-order chi connectivity index (χ1) is 9.86. The minimum atomic E-state index is -0.913. The summed E-state index contributed by atoms with van der Waals surface area (Å²) in [6, 6.07) is -0.699. The fourth-order valence-electron chi connectivity index (χ4n) is 1.72. The van der Waals surface area contributed by atoms with E-state index in [1.807, 2.05) is 13.8 Å². The standard InChI is InChI=1S/C10H20O2.C6H13NO2.Na/c1-2-3-4-5-6-7-8-9-10(11)12;1-3-4(2)5(7)6(8)9;/h2-9H2,1H3,(H,11,12);4-5H,3,7H2,1-2H3,(H,8,9);/q;;+1/p-1/t;4-,5-;/m.0./s1. The Labute approximate surface area is 157 Å². The van der Waals surface area contributed by atoms with Gasteiger partial charge in [-0.25, -0.2) is 0 Å². The Bertz CT molecular complexity index is 275. The van der Waals surface area contributed by atoms with Crippen molar-refractivity contribution in [1.29, 1.82) is 0 Å². The van der Waals surface area contributed by atoms with Gasteiger partial charge in [-0.15, -0.1) is 0 Å². The van der Waals surface area contributed by atoms with E-state index >= 15 is 0 Å². The van der Waals surface area contributed by atoms with Crippen molar-refractivity contribution in [3.8, 4) is 0 Å². The van der Waals surface area contributed by atoms with Gasteiger partial charge in [0.25, 0.3) is 0 Å². The molecular formula is C16H32NNaO4. The molecule has 0 saturated carbocycles. The minimum absolute atomic E-state index is 0. The molecule has 126 valence electrons. The first kappa shape index (κ1) is 26.8. The van der Waals surface area contributed by atoms with Crippen molar-refractivity contribution < 1.29 is 49.4 Å². The van der Waals surface area contributed by atoms with Crippen LogP contribution in [0.4, 0.5) is 0 Å². The number of carboxylic acids is 2. The van der Waals surface area contributed by atoms with Crippen LogP contribution in [0, 0.1) is 5.92 Å². The number of carbonyl (C=O) groups excluding carboxylic acids is 1. The second-order valence-electron chi connectivity index (χ2n) is 5.49. The molecule has 0 aromatic heterocycles. The molecule has 0 aliphatic heterocycles. The number of hydrogen-bond donors (Lipinski definition) is 2. The molecule has 0 spiro atoms. The smallest absolute Gasteiger partial charge is 0.550 e. The molecule has 0 saturated heterocycles. The number of unbranched alkanes of at least 4 members (excludes halogenated alkanes) is 6. The van der Waals surface area contributed by atoms with E-state index in [1.165, 1.54) is 32.1 Å². The zero-order valence-electron chi connectivity index (χ0n) is 14.8. The summed E-state index contributed by atoms with van der Waals surface area (Å²) in [6.45, 7) is 5.95. The summed E-state index contributed by atoms with van der Waals surface area (Å²) in [5, 5.41) is 18.4. The van der Waals surface area contributed by atoms with Crippen LogP contribution in [0.15, 0.2) is 0 Å². The van der Waals surface area contributed by atoms with E-state index in [1.54, 1.807) is 0 Å². The minimum Gasteiger partial charge on any atom is -0.550 e. The van der Waals surface area contributed by atoms with Crippen molar-refractivity contribution >= 4 is 11.9 Å². The first-order valence-corrected chi connectivity index (χ1v) is 8.04. The molecule has 0 amide bonds. The Kier molecular flexibility index (Phi) is 23.1. The summed E-state index contributed by atoms with van der Waals surface area (Å²) in [4.78, 5) is 20.2. The maximum atomic E-state index is 10.2. The normalized spacial score (nSPS) is 12.4. The fourth-order valence-corrected chi connectivity index (χ4v) is 1.72. The predicted octanol–water partition coefficient (Wildman–Crippen LogP) is -0.675. The average Bonchev–Trinajstić information content (AvgIpc) is 2.45. The van der Waals surface area contributed by atoms with Gasteiger partial charge in [-0.3, -0.25) is 4.79 Å². The molecule has 0 aliphatic rings. The molecule has 0 radical (unpaired) electrons. The largest absolute Gasteiger partial charge is 1.00 e. The summed E-state index contributed by atoms with van der Waals surface area (Å²) in [6.07, 6.45) is 9.16. The number of hydrogen-bond acceptors (Lipinski definition) is 4. The first-order valence-electron chi connectivity index (χ1n) is 8.04. The van der Waals surface area contributed by atoms with Gasteiger partial charge in [0.05, 0.1) is 0 Å². The number of nitrogens with two attached hydrogens (primary N) is 1. The fraction of sp³-hybridized carbons (Fsp3) is 0.875. The van der Waals surface area contributed by atoms with Crippen molar-refractivity contribution in [1.82, 2.24) is 0 Å². The van der Waals surface area contributed by atoms with Crippen molar-refractivity contribution in [3.05, 3.63) is 0 Å². The SMILES string of the molecule is CCCCCCCCCC(=O)[O-].CC[C@H](C)[C@H](N)C(=O)O.[Na+]. The van der Waals surface area contributed by atoms with E-state index in [2.05, 4.69) is 6.92 Å². The summed E-state index contributed by atoms with van der Waals surface area (Å²) in [5.41, 5.74) is 5.27. The van der Waals surface area contributed by atoms with Crippen LogP contribution >= 0.6 is 0 Å². The van der Waals surface area contributed by atoms with Gasteiger partial charge in [-0.2, -0.15) is 0 Å². The van der Waals surface area contributed by atoms with Gasteiger partial charge in [0.2, 0.25) is 0 Å². The van der Waals surface area contributed by atoms with Crippen molar-refractivity contribution in [2.75, 3.05) is 0 Å². The Balaban J connectivity index is -0.000000326. The van der Waals surface area contributed by atoms with Crippen LogP contribution in [0.5, 0.6) is 0 Å². The van der Waals surface area contributed by atoms with E-state index in [-0.39, 0.29) is 41.9 Å². The second-order valence-corrected chi connectivity index (χ2v) is 5.49. The van der Waals surface area contributed by atoms with Gasteiger partial charge in [0.1, 0.15) is 6.04 Å². The topological polar surface area (TPSA) is 103 Å². The molecule has 0 aromatic carbocycles. The monoisotopic (exact) mass is 325 g/mol. The molecule has 0 aromatic rings. The van der Waals surface area contributed by atoms with Gasteiger partial charge in [-0.1, -0.05) is 65.7 Å². The van der Waals surface area contributed by atoms with Crippen LogP contribution in [-0.4, -0.2) is 23.1 Å². The van der Waals surface area contributed by atoms with Gasteiger partial charge >= 0.3 is 35.5 Å². The van der Waals surface area contributed by atoms with Crippen LogP contribution in [0.1, 0.15) is 78.6 Å². The van der Waals surface area contributed by atoms with E-state index in [0.29, 0.717) is 0 Å². The van der Waals surface area contributed by atoms with E-state index < -0.39 is 18.0 Å². The summed E-state index contributed by atoms with van der Waals surface area (Å²) >= 11 is 0. The number of aliphatic carboxylic acids is 2.